The highest BCUT2D eigenvalue weighted by Gasteiger charge is 2.14. The summed E-state index contributed by atoms with van der Waals surface area (Å²) in [7, 11) is 1.85. The van der Waals surface area contributed by atoms with Gasteiger partial charge in [0.2, 0.25) is 5.95 Å². The van der Waals surface area contributed by atoms with Gasteiger partial charge in [-0.15, -0.1) is 0 Å². The molecule has 0 bridgehead atoms. The Morgan fingerprint density at radius 1 is 1.07 bits per heavy atom. The molecular formula is C19H16N8. The predicted molar refractivity (Wildman–Crippen MR) is 106 cm³/mol. The van der Waals surface area contributed by atoms with E-state index in [9.17, 15) is 0 Å². The number of fused-ring (bicyclic) bond motifs is 2. The number of aromatic nitrogens is 6. The third kappa shape index (κ3) is 2.63. The number of anilines is 3. The Kier molecular flexibility index (Phi) is 3.46. The highest BCUT2D eigenvalue weighted by Crippen LogP contribution is 2.33. The minimum atomic E-state index is 0.505. The van der Waals surface area contributed by atoms with Crippen molar-refractivity contribution in [2.45, 2.75) is 0 Å². The van der Waals surface area contributed by atoms with Gasteiger partial charge in [0.25, 0.3) is 0 Å². The Morgan fingerprint density at radius 3 is 2.89 bits per heavy atom. The van der Waals surface area contributed by atoms with Crippen LogP contribution in [-0.2, 0) is 0 Å². The first kappa shape index (κ1) is 15.3. The van der Waals surface area contributed by atoms with Crippen LogP contribution in [0, 0.1) is 0 Å². The predicted octanol–water partition coefficient (Wildman–Crippen LogP) is 3.68. The average molecular weight is 356 g/mol. The second-order valence-electron chi connectivity index (χ2n) is 6.11. The first-order valence-electron chi connectivity index (χ1n) is 8.49. The molecule has 0 atom stereocenters. The maximum Gasteiger partial charge on any atom is 0.231 e. The zero-order chi connectivity index (χ0) is 18.2. The van der Waals surface area contributed by atoms with E-state index in [4.69, 9.17) is 0 Å². The summed E-state index contributed by atoms with van der Waals surface area (Å²) in [4.78, 5) is 16.7. The van der Waals surface area contributed by atoms with Gasteiger partial charge in [0.1, 0.15) is 11.5 Å². The lowest BCUT2D eigenvalue weighted by Gasteiger charge is -2.09. The van der Waals surface area contributed by atoms with E-state index in [2.05, 4.69) is 40.8 Å². The number of nitrogens with zero attached hydrogens (tertiary/aromatic N) is 4. The maximum atomic E-state index is 4.64. The number of hydrogen-bond acceptors (Lipinski definition) is 6. The fourth-order valence-corrected chi connectivity index (χ4v) is 3.16. The highest BCUT2D eigenvalue weighted by atomic mass is 15.2. The molecule has 27 heavy (non-hydrogen) atoms. The second kappa shape index (κ2) is 6.10. The Bertz CT molecular complexity index is 1240. The summed E-state index contributed by atoms with van der Waals surface area (Å²) in [6.07, 6.45) is 7.30. The Morgan fingerprint density at radius 2 is 2.04 bits per heavy atom. The van der Waals surface area contributed by atoms with Gasteiger partial charge in [0, 0.05) is 47.8 Å². The molecule has 1 aromatic carbocycles. The van der Waals surface area contributed by atoms with Gasteiger partial charge >= 0.3 is 0 Å². The molecule has 0 radical (unpaired) electrons. The molecule has 5 rings (SSSR count). The average Bonchev–Trinajstić information content (AvgIpc) is 3.34. The van der Waals surface area contributed by atoms with Crippen LogP contribution in [0.15, 0.2) is 55.1 Å². The lowest BCUT2D eigenvalue weighted by atomic mass is 10.1. The van der Waals surface area contributed by atoms with E-state index in [0.29, 0.717) is 5.95 Å². The van der Waals surface area contributed by atoms with Crippen LogP contribution in [0.4, 0.5) is 17.5 Å². The van der Waals surface area contributed by atoms with Gasteiger partial charge < -0.3 is 15.6 Å². The molecular weight excluding hydrogens is 340 g/mol. The molecule has 4 aromatic heterocycles. The number of benzene rings is 1. The first-order chi connectivity index (χ1) is 13.3. The minimum Gasteiger partial charge on any atom is -0.372 e. The van der Waals surface area contributed by atoms with E-state index < -0.39 is 0 Å². The molecule has 0 saturated heterocycles. The second-order valence-corrected chi connectivity index (χ2v) is 6.11. The van der Waals surface area contributed by atoms with Gasteiger partial charge in [-0.25, -0.2) is 0 Å². The summed E-state index contributed by atoms with van der Waals surface area (Å²) in [5, 5.41) is 15.4. The summed E-state index contributed by atoms with van der Waals surface area (Å²) >= 11 is 0. The number of nitrogens with one attached hydrogen (secondary N) is 4. The minimum absolute atomic E-state index is 0.505. The van der Waals surface area contributed by atoms with E-state index in [-0.39, 0.29) is 0 Å². The quantitative estimate of drug-likeness (QED) is 0.391. The Labute approximate surface area is 154 Å². The van der Waals surface area contributed by atoms with Gasteiger partial charge in [-0.05, 0) is 24.3 Å². The van der Waals surface area contributed by atoms with E-state index in [0.717, 1.165) is 44.6 Å². The molecule has 0 amide bonds. The normalized spacial score (nSPS) is 11.1. The Hall–Kier alpha value is -3.94. The number of pyridine rings is 1. The van der Waals surface area contributed by atoms with Crippen LogP contribution < -0.4 is 10.6 Å². The van der Waals surface area contributed by atoms with Gasteiger partial charge in [-0.3, -0.25) is 10.1 Å². The molecule has 4 heterocycles. The number of H-pyrrole nitrogens is 2. The third-order valence-electron chi connectivity index (χ3n) is 4.44. The Balaban J connectivity index is 1.58. The van der Waals surface area contributed by atoms with Crippen LogP contribution in [0.3, 0.4) is 0 Å². The SMILES string of the molecule is CNc1nc(Nc2ccc3cn[nH]c3c2)nc2[nH]cc(-c3cccnc3)c12. The van der Waals surface area contributed by atoms with Gasteiger partial charge in [-0.2, -0.15) is 15.1 Å². The van der Waals surface area contributed by atoms with Crippen molar-refractivity contribution in [2.24, 2.45) is 0 Å². The van der Waals surface area contributed by atoms with Crippen molar-refractivity contribution in [3.8, 4) is 11.1 Å². The van der Waals surface area contributed by atoms with Gasteiger partial charge in [0.05, 0.1) is 17.1 Å². The maximum absolute atomic E-state index is 4.64. The van der Waals surface area contributed by atoms with Crippen molar-refractivity contribution >= 4 is 39.4 Å². The lowest BCUT2D eigenvalue weighted by molar-refractivity contribution is 1.12. The van der Waals surface area contributed by atoms with Crippen LogP contribution in [0.5, 0.6) is 0 Å². The van der Waals surface area contributed by atoms with Crippen LogP contribution in [-0.4, -0.2) is 37.2 Å². The van der Waals surface area contributed by atoms with E-state index >= 15 is 0 Å². The molecule has 132 valence electrons. The topological polar surface area (TPSA) is 107 Å². The van der Waals surface area contributed by atoms with Crippen molar-refractivity contribution in [1.29, 1.82) is 0 Å². The molecule has 0 fully saturated rings. The summed E-state index contributed by atoms with van der Waals surface area (Å²) in [5.74, 6) is 1.25. The van der Waals surface area contributed by atoms with E-state index in [1.165, 1.54) is 0 Å². The smallest absolute Gasteiger partial charge is 0.231 e. The fourth-order valence-electron chi connectivity index (χ4n) is 3.16. The van der Waals surface area contributed by atoms with Crippen LogP contribution >= 0.6 is 0 Å². The van der Waals surface area contributed by atoms with Crippen molar-refractivity contribution < 1.29 is 0 Å². The zero-order valence-corrected chi connectivity index (χ0v) is 14.5. The molecule has 0 aliphatic carbocycles. The largest absolute Gasteiger partial charge is 0.372 e. The number of aromatic amines is 2. The van der Waals surface area contributed by atoms with Gasteiger partial charge in [-0.1, -0.05) is 6.07 Å². The standard InChI is InChI=1S/C19H16N8/c1-20-17-16-14(11-3-2-6-21-8-11)10-22-18(16)26-19(25-17)24-13-5-4-12-9-23-27-15(12)7-13/h2-10H,1H3,(H,23,27)(H3,20,22,24,25,26). The molecule has 0 aliphatic heterocycles. The molecule has 8 nitrogen and oxygen atoms in total. The van der Waals surface area contributed by atoms with Crippen molar-refractivity contribution in [2.75, 3.05) is 17.7 Å². The molecule has 0 aliphatic rings. The summed E-state index contributed by atoms with van der Waals surface area (Å²) < 4.78 is 0. The van der Waals surface area contributed by atoms with Crippen molar-refractivity contribution in [1.82, 2.24) is 30.1 Å². The number of hydrogen-bond donors (Lipinski definition) is 4. The highest BCUT2D eigenvalue weighted by molar-refractivity contribution is 6.01. The lowest BCUT2D eigenvalue weighted by Crippen LogP contribution is -2.02. The zero-order valence-electron chi connectivity index (χ0n) is 14.5. The number of rotatable bonds is 4. The van der Waals surface area contributed by atoms with Crippen LogP contribution in [0.2, 0.25) is 0 Å². The fraction of sp³-hybridized carbons (Fsp3) is 0.0526. The van der Waals surface area contributed by atoms with Crippen LogP contribution in [0.1, 0.15) is 0 Å². The molecule has 4 N–H and O–H groups in total. The summed E-state index contributed by atoms with van der Waals surface area (Å²) in [5.41, 5.74) is 4.60. The monoisotopic (exact) mass is 356 g/mol. The summed E-state index contributed by atoms with van der Waals surface area (Å²) in [6.45, 7) is 0. The van der Waals surface area contributed by atoms with Crippen molar-refractivity contribution in [3.63, 3.8) is 0 Å². The molecule has 0 saturated carbocycles. The molecule has 0 unspecified atom stereocenters. The molecule has 5 aromatic rings. The van der Waals surface area contributed by atoms with Crippen molar-refractivity contribution in [3.05, 3.63) is 55.1 Å². The molecule has 0 spiro atoms. The first-order valence-corrected chi connectivity index (χ1v) is 8.49. The van der Waals surface area contributed by atoms with Gasteiger partial charge in [0.15, 0.2) is 0 Å². The third-order valence-corrected chi connectivity index (χ3v) is 4.44. The van der Waals surface area contributed by atoms with E-state index in [1.807, 2.05) is 49.8 Å². The summed E-state index contributed by atoms with van der Waals surface area (Å²) in [6, 6.07) is 9.87. The van der Waals surface area contributed by atoms with E-state index in [1.54, 1.807) is 12.4 Å². The molecule has 8 heteroatoms. The van der Waals surface area contributed by atoms with Crippen LogP contribution in [0.25, 0.3) is 33.1 Å².